The molecule has 2 N–H and O–H groups in total. The number of phenols is 1. The summed E-state index contributed by atoms with van der Waals surface area (Å²) in [5.41, 5.74) is 6.46. The first-order chi connectivity index (χ1) is 27.2. The van der Waals surface area contributed by atoms with Gasteiger partial charge in [-0.2, -0.15) is 5.01 Å². The molecule has 3 fully saturated rings. The summed E-state index contributed by atoms with van der Waals surface area (Å²) < 4.78 is 6.91. The zero-order chi connectivity index (χ0) is 38.7. The molecule has 10 heteroatoms. The quantitative estimate of drug-likeness (QED) is 0.120. The fraction of sp³-hybridized carbons (Fsp3) is 0.217. The summed E-state index contributed by atoms with van der Waals surface area (Å²) in [7, 11) is 0. The number of phenolic OH excluding ortho intramolecular Hbond substituents is 1. The molecule has 9 rings (SSSR count). The minimum atomic E-state index is -1.51. The molecule has 2 aliphatic heterocycles. The average molecular weight is 809 g/mol. The van der Waals surface area contributed by atoms with Gasteiger partial charge in [0.05, 0.1) is 34.5 Å². The molecule has 6 unspecified atom stereocenters. The molecular formula is C46H38BrN3O6. The summed E-state index contributed by atoms with van der Waals surface area (Å²) in [6.07, 6.45) is 2.41. The van der Waals surface area contributed by atoms with Gasteiger partial charge < -0.3 is 9.84 Å². The number of nitrogens with zero attached hydrogens (tertiary/aromatic N) is 2. The molecule has 0 spiro atoms. The Labute approximate surface area is 332 Å². The third kappa shape index (κ3) is 5.65. The second-order valence-electron chi connectivity index (χ2n) is 15.1. The van der Waals surface area contributed by atoms with Crippen molar-refractivity contribution in [3.63, 3.8) is 0 Å². The van der Waals surface area contributed by atoms with Gasteiger partial charge in [0.2, 0.25) is 11.8 Å². The highest BCUT2D eigenvalue weighted by molar-refractivity contribution is 9.10. The fourth-order valence-corrected chi connectivity index (χ4v) is 9.80. The van der Waals surface area contributed by atoms with Crippen molar-refractivity contribution in [3.05, 3.63) is 166 Å². The number of hydrazine groups is 1. The number of halogens is 1. The molecule has 5 aromatic carbocycles. The van der Waals surface area contributed by atoms with Crippen molar-refractivity contribution < 1.29 is 29.0 Å². The van der Waals surface area contributed by atoms with E-state index in [1.807, 2.05) is 97.9 Å². The van der Waals surface area contributed by atoms with Gasteiger partial charge in [-0.25, -0.2) is 0 Å². The number of benzene rings is 5. The Balaban J connectivity index is 1.19. The number of hydrogen-bond donors (Lipinski definition) is 2. The van der Waals surface area contributed by atoms with Crippen LogP contribution in [0.4, 0.5) is 11.4 Å². The Morgan fingerprint density at radius 2 is 1.50 bits per heavy atom. The monoisotopic (exact) mass is 807 g/mol. The lowest BCUT2D eigenvalue weighted by molar-refractivity contribution is -0.138. The number of nitrogens with one attached hydrogen (secondary N) is 1. The number of imide groups is 2. The Morgan fingerprint density at radius 3 is 2.20 bits per heavy atom. The van der Waals surface area contributed by atoms with Gasteiger partial charge in [-0.3, -0.25) is 29.5 Å². The van der Waals surface area contributed by atoms with Crippen molar-refractivity contribution in [2.24, 2.45) is 23.7 Å². The van der Waals surface area contributed by atoms with Crippen LogP contribution in [0.5, 0.6) is 11.5 Å². The van der Waals surface area contributed by atoms with Crippen molar-refractivity contribution in [3.8, 4) is 11.5 Å². The van der Waals surface area contributed by atoms with Crippen LogP contribution in [0.25, 0.3) is 0 Å². The molecule has 1 saturated carbocycles. The number of fused-ring (bicyclic) bond motifs is 4. The topological polar surface area (TPSA) is 116 Å². The summed E-state index contributed by atoms with van der Waals surface area (Å²) in [4.78, 5) is 60.3. The molecule has 5 aromatic rings. The highest BCUT2D eigenvalue weighted by atomic mass is 79.9. The molecule has 9 nitrogen and oxygen atoms in total. The van der Waals surface area contributed by atoms with Crippen molar-refractivity contribution in [2.75, 3.05) is 10.3 Å². The van der Waals surface area contributed by atoms with Crippen LogP contribution in [0.3, 0.4) is 0 Å². The van der Waals surface area contributed by atoms with Gasteiger partial charge in [0.25, 0.3) is 11.8 Å². The van der Waals surface area contributed by atoms with Gasteiger partial charge in [-0.1, -0.05) is 112 Å². The SMILES string of the molecule is Cc1ccc(NN2C(=O)C3CC4C(=CCC5C(=O)N(c6ccc(Br)cc6)C(=O)C54)C(c4ccc(OCc5ccccc5)cc4O)C3(c3ccccc3)C2=O)cc1. The third-order valence-electron chi connectivity index (χ3n) is 12.0. The van der Waals surface area contributed by atoms with Crippen LogP contribution in [0.15, 0.2) is 144 Å². The first kappa shape index (κ1) is 35.7. The van der Waals surface area contributed by atoms with E-state index < -0.39 is 46.8 Å². The molecule has 0 radical (unpaired) electrons. The largest absolute Gasteiger partial charge is 0.508 e. The smallest absolute Gasteiger partial charge is 0.260 e. The van der Waals surface area contributed by atoms with Crippen LogP contribution < -0.4 is 15.1 Å². The number of amides is 4. The Morgan fingerprint density at radius 1 is 0.804 bits per heavy atom. The number of aromatic hydroxyl groups is 1. The van der Waals surface area contributed by atoms with Crippen LogP contribution in [0.2, 0.25) is 0 Å². The van der Waals surface area contributed by atoms with E-state index in [4.69, 9.17) is 4.74 Å². The minimum Gasteiger partial charge on any atom is -0.508 e. The van der Waals surface area contributed by atoms with Gasteiger partial charge in [-0.15, -0.1) is 0 Å². The van der Waals surface area contributed by atoms with Gasteiger partial charge in [0.1, 0.15) is 18.1 Å². The summed E-state index contributed by atoms with van der Waals surface area (Å²) in [6.45, 7) is 2.24. The van der Waals surface area contributed by atoms with E-state index in [2.05, 4.69) is 21.4 Å². The number of aryl methyl sites for hydroxylation is 1. The van der Waals surface area contributed by atoms with E-state index in [1.54, 1.807) is 42.5 Å². The van der Waals surface area contributed by atoms with Crippen LogP contribution in [0.1, 0.15) is 41.0 Å². The molecule has 0 bridgehead atoms. The molecule has 0 aromatic heterocycles. The molecule has 280 valence electrons. The highest BCUT2D eigenvalue weighted by Crippen LogP contribution is 2.65. The molecule has 4 amide bonds. The average Bonchev–Trinajstić information content (AvgIpc) is 3.60. The minimum absolute atomic E-state index is 0.103. The number of carbonyl (C=O) groups is 4. The Hall–Kier alpha value is -6.00. The first-order valence-corrected chi connectivity index (χ1v) is 19.6. The maximum Gasteiger partial charge on any atom is 0.260 e. The molecular weight excluding hydrogens is 770 g/mol. The van der Waals surface area contributed by atoms with Gasteiger partial charge in [0, 0.05) is 22.0 Å². The second-order valence-corrected chi connectivity index (χ2v) is 16.0. The third-order valence-corrected chi connectivity index (χ3v) is 12.6. The van der Waals surface area contributed by atoms with Crippen LogP contribution in [-0.4, -0.2) is 33.7 Å². The Bertz CT molecular complexity index is 2400. The van der Waals surface area contributed by atoms with E-state index >= 15 is 4.79 Å². The lowest BCUT2D eigenvalue weighted by Crippen LogP contribution is -2.53. The fourth-order valence-electron chi connectivity index (χ4n) is 9.53. The lowest BCUT2D eigenvalue weighted by Gasteiger charge is -2.50. The van der Waals surface area contributed by atoms with Crippen molar-refractivity contribution in [2.45, 2.75) is 37.7 Å². The van der Waals surface area contributed by atoms with Gasteiger partial charge >= 0.3 is 0 Å². The van der Waals surface area contributed by atoms with E-state index in [0.29, 0.717) is 28.3 Å². The van der Waals surface area contributed by atoms with Crippen molar-refractivity contribution >= 4 is 50.9 Å². The number of hydrogen-bond acceptors (Lipinski definition) is 7. The summed E-state index contributed by atoms with van der Waals surface area (Å²) in [5, 5.41) is 13.1. The van der Waals surface area contributed by atoms with Crippen molar-refractivity contribution in [1.82, 2.24) is 5.01 Å². The van der Waals surface area contributed by atoms with Crippen LogP contribution >= 0.6 is 15.9 Å². The summed E-state index contributed by atoms with van der Waals surface area (Å²) >= 11 is 3.45. The predicted octanol–water partition coefficient (Wildman–Crippen LogP) is 8.23. The van der Waals surface area contributed by atoms with Crippen molar-refractivity contribution in [1.29, 1.82) is 0 Å². The van der Waals surface area contributed by atoms with Crippen LogP contribution in [0, 0.1) is 30.6 Å². The van der Waals surface area contributed by atoms with E-state index in [0.717, 1.165) is 26.2 Å². The number of allylic oxidation sites excluding steroid dienone is 2. The number of anilines is 2. The predicted molar refractivity (Wildman–Crippen MR) is 214 cm³/mol. The zero-order valence-electron chi connectivity index (χ0n) is 30.5. The zero-order valence-corrected chi connectivity index (χ0v) is 32.1. The van der Waals surface area contributed by atoms with E-state index in [1.165, 1.54) is 4.90 Å². The molecule has 2 aliphatic carbocycles. The standard InChI is InChI=1S/C46H38BrN3O6/c1-27-12-16-31(17-13-27)48-50-43(53)38-25-37-34(22-23-36-40(37)44(54)49(42(36)52)32-18-14-30(47)15-19-32)41(46(38,45(50)55)29-10-6-3-7-11-29)35-21-20-33(24-39(35)51)56-26-28-8-4-2-5-9-28/h2-22,24,36-38,40-41,48,51H,23,25-26H2,1H3. The van der Waals surface area contributed by atoms with Gasteiger partial charge in [0.15, 0.2) is 0 Å². The summed E-state index contributed by atoms with van der Waals surface area (Å²) in [6, 6.07) is 38.5. The number of rotatable bonds is 8. The molecule has 4 aliphatic rings. The lowest BCUT2D eigenvalue weighted by atomic mass is 9.49. The molecule has 56 heavy (non-hydrogen) atoms. The first-order valence-electron chi connectivity index (χ1n) is 18.8. The number of ether oxygens (including phenoxy) is 1. The highest BCUT2D eigenvalue weighted by Gasteiger charge is 2.70. The maximum absolute atomic E-state index is 15.4. The maximum atomic E-state index is 15.4. The summed E-state index contributed by atoms with van der Waals surface area (Å²) in [5.74, 6) is -4.96. The van der Waals surface area contributed by atoms with Crippen LogP contribution in [-0.2, 0) is 31.2 Å². The second kappa shape index (κ2) is 13.9. The molecule has 2 heterocycles. The molecule has 6 atom stereocenters. The number of carbonyl (C=O) groups excluding carboxylic acids is 4. The van der Waals surface area contributed by atoms with Gasteiger partial charge in [-0.05, 0) is 79.3 Å². The van der Waals surface area contributed by atoms with E-state index in [9.17, 15) is 19.5 Å². The molecule has 2 saturated heterocycles. The van der Waals surface area contributed by atoms with E-state index in [-0.39, 0.29) is 37.0 Å². The Kier molecular flexibility index (Phi) is 8.88. The normalized spacial score (nSPS) is 25.4.